The second-order valence-electron chi connectivity index (χ2n) is 5.70. The quantitative estimate of drug-likeness (QED) is 0.715. The maximum Gasteiger partial charge on any atom is 0.255 e. The second kappa shape index (κ2) is 6.21. The van der Waals surface area contributed by atoms with Gasteiger partial charge in [0.15, 0.2) is 11.5 Å². The van der Waals surface area contributed by atoms with Gasteiger partial charge < -0.3 is 9.64 Å². The van der Waals surface area contributed by atoms with Crippen LogP contribution in [-0.4, -0.2) is 51.7 Å². The summed E-state index contributed by atoms with van der Waals surface area (Å²) in [6, 6.07) is 6.40. The Hall–Kier alpha value is -2.87. The van der Waals surface area contributed by atoms with Crippen molar-refractivity contribution >= 4 is 11.6 Å². The lowest BCUT2D eigenvalue weighted by atomic mass is 10.2. The van der Waals surface area contributed by atoms with Crippen LogP contribution in [0.1, 0.15) is 10.4 Å². The average molecular weight is 344 g/mol. The highest BCUT2D eigenvalue weighted by atomic mass is 19.1. The zero-order valence-corrected chi connectivity index (χ0v) is 13.2. The number of carbonyl (C=O) groups excluding carboxylic acids is 1. The minimum absolute atomic E-state index is 0.0107. The van der Waals surface area contributed by atoms with Crippen molar-refractivity contribution in [3.05, 3.63) is 53.7 Å². The summed E-state index contributed by atoms with van der Waals surface area (Å²) >= 11 is 0. The normalized spacial score (nSPS) is 14.9. The van der Waals surface area contributed by atoms with Crippen molar-refractivity contribution in [3.8, 4) is 11.4 Å². The number of hydrogen-bond acceptors (Lipinski definition) is 4. The highest BCUT2D eigenvalue weighted by Gasteiger charge is 2.20. The number of rotatable bonds is 2. The summed E-state index contributed by atoms with van der Waals surface area (Å²) in [4.78, 5) is 14.3. The Balaban J connectivity index is 1.77. The standard InChI is InChI=1S/C17H14F2N4O2/c18-12-2-3-14(19)13(9-12)16-21-20-15-4-1-11(10-23(15)16)17(24)22-5-7-25-8-6-22/h1-4,9-10H,5-8H2. The van der Waals surface area contributed by atoms with Crippen molar-refractivity contribution < 1.29 is 18.3 Å². The third-order valence-corrected chi connectivity index (χ3v) is 4.12. The first kappa shape index (κ1) is 15.6. The number of carbonyl (C=O) groups is 1. The van der Waals surface area contributed by atoms with E-state index >= 15 is 0 Å². The van der Waals surface area contributed by atoms with Gasteiger partial charge in [-0.15, -0.1) is 10.2 Å². The molecular formula is C17H14F2N4O2. The van der Waals surface area contributed by atoms with E-state index in [0.717, 1.165) is 18.2 Å². The molecule has 0 saturated carbocycles. The van der Waals surface area contributed by atoms with Crippen LogP contribution in [-0.2, 0) is 4.74 Å². The highest BCUT2D eigenvalue weighted by Crippen LogP contribution is 2.23. The Morgan fingerprint density at radius 3 is 2.68 bits per heavy atom. The van der Waals surface area contributed by atoms with Crippen LogP contribution < -0.4 is 0 Å². The fourth-order valence-electron chi connectivity index (χ4n) is 2.82. The van der Waals surface area contributed by atoms with Gasteiger partial charge in [-0.2, -0.15) is 0 Å². The van der Waals surface area contributed by atoms with Gasteiger partial charge in [0.05, 0.1) is 24.3 Å². The molecule has 0 N–H and O–H groups in total. The zero-order chi connectivity index (χ0) is 17.4. The lowest BCUT2D eigenvalue weighted by Crippen LogP contribution is -2.40. The molecule has 8 heteroatoms. The fraction of sp³-hybridized carbons (Fsp3) is 0.235. The maximum atomic E-state index is 14.1. The van der Waals surface area contributed by atoms with E-state index in [-0.39, 0.29) is 17.3 Å². The molecule has 6 nitrogen and oxygen atoms in total. The van der Waals surface area contributed by atoms with Gasteiger partial charge in [0.25, 0.3) is 5.91 Å². The number of benzene rings is 1. The molecule has 1 aliphatic heterocycles. The Labute approximate surface area is 141 Å². The predicted molar refractivity (Wildman–Crippen MR) is 85.1 cm³/mol. The van der Waals surface area contributed by atoms with E-state index in [0.29, 0.717) is 37.5 Å². The van der Waals surface area contributed by atoms with E-state index in [1.165, 1.54) is 4.40 Å². The fourth-order valence-corrected chi connectivity index (χ4v) is 2.82. The highest BCUT2D eigenvalue weighted by molar-refractivity contribution is 5.94. The first-order valence-electron chi connectivity index (χ1n) is 7.81. The molecule has 1 saturated heterocycles. The van der Waals surface area contributed by atoms with Crippen LogP contribution >= 0.6 is 0 Å². The Bertz CT molecular complexity index is 951. The molecule has 1 amide bonds. The number of pyridine rings is 1. The molecule has 0 spiro atoms. The Morgan fingerprint density at radius 2 is 1.88 bits per heavy atom. The zero-order valence-electron chi connectivity index (χ0n) is 13.2. The van der Waals surface area contributed by atoms with E-state index in [1.54, 1.807) is 23.2 Å². The lowest BCUT2D eigenvalue weighted by molar-refractivity contribution is 0.0302. The molecule has 0 radical (unpaired) electrons. The molecule has 4 rings (SSSR count). The maximum absolute atomic E-state index is 14.1. The molecular weight excluding hydrogens is 330 g/mol. The minimum atomic E-state index is -0.611. The third kappa shape index (κ3) is 2.85. The topological polar surface area (TPSA) is 59.7 Å². The van der Waals surface area contributed by atoms with Gasteiger partial charge in [0.2, 0.25) is 0 Å². The van der Waals surface area contributed by atoms with Gasteiger partial charge in [-0.3, -0.25) is 9.20 Å². The van der Waals surface area contributed by atoms with Gasteiger partial charge in [-0.1, -0.05) is 0 Å². The smallest absolute Gasteiger partial charge is 0.255 e. The number of morpholine rings is 1. The van der Waals surface area contributed by atoms with E-state index < -0.39 is 11.6 Å². The Kier molecular flexibility index (Phi) is 3.89. The van der Waals surface area contributed by atoms with E-state index in [2.05, 4.69) is 10.2 Å². The summed E-state index contributed by atoms with van der Waals surface area (Å²) < 4.78 is 34.3. The van der Waals surface area contributed by atoms with Crippen molar-refractivity contribution in [1.29, 1.82) is 0 Å². The van der Waals surface area contributed by atoms with Crippen molar-refractivity contribution in [1.82, 2.24) is 19.5 Å². The summed E-state index contributed by atoms with van der Waals surface area (Å²) in [6.45, 7) is 2.04. The first-order valence-corrected chi connectivity index (χ1v) is 7.81. The molecule has 0 atom stereocenters. The number of ether oxygens (including phenoxy) is 1. The summed E-state index contributed by atoms with van der Waals surface area (Å²) in [5.74, 6) is -1.19. The van der Waals surface area contributed by atoms with Crippen LogP contribution in [0.25, 0.3) is 17.0 Å². The second-order valence-corrected chi connectivity index (χ2v) is 5.70. The molecule has 25 heavy (non-hydrogen) atoms. The number of halogens is 2. The van der Waals surface area contributed by atoms with Crippen LogP contribution in [0.15, 0.2) is 36.5 Å². The summed E-state index contributed by atoms with van der Waals surface area (Å²) in [5.41, 5.74) is 0.855. The number of fused-ring (bicyclic) bond motifs is 1. The molecule has 3 heterocycles. The molecule has 1 aromatic carbocycles. The monoisotopic (exact) mass is 344 g/mol. The molecule has 2 aromatic heterocycles. The Morgan fingerprint density at radius 1 is 1.08 bits per heavy atom. The van der Waals surface area contributed by atoms with Gasteiger partial charge >= 0.3 is 0 Å². The van der Waals surface area contributed by atoms with Crippen LogP contribution in [0.3, 0.4) is 0 Å². The lowest BCUT2D eigenvalue weighted by Gasteiger charge is -2.26. The van der Waals surface area contributed by atoms with Crippen LogP contribution in [0.2, 0.25) is 0 Å². The van der Waals surface area contributed by atoms with Gasteiger partial charge in [0.1, 0.15) is 11.6 Å². The SMILES string of the molecule is O=C(c1ccc2nnc(-c3cc(F)ccc3F)n2c1)N1CCOCC1. The number of hydrogen-bond donors (Lipinski definition) is 0. The first-order chi connectivity index (χ1) is 12.1. The van der Waals surface area contributed by atoms with Crippen molar-refractivity contribution in [3.63, 3.8) is 0 Å². The minimum Gasteiger partial charge on any atom is -0.378 e. The molecule has 1 aliphatic rings. The van der Waals surface area contributed by atoms with E-state index in [1.807, 2.05) is 0 Å². The van der Waals surface area contributed by atoms with Gasteiger partial charge in [0, 0.05) is 19.3 Å². The molecule has 0 bridgehead atoms. The summed E-state index contributed by atoms with van der Waals surface area (Å²) in [7, 11) is 0. The van der Waals surface area contributed by atoms with Gasteiger partial charge in [-0.05, 0) is 30.3 Å². The van der Waals surface area contributed by atoms with Crippen LogP contribution in [0.5, 0.6) is 0 Å². The van der Waals surface area contributed by atoms with Crippen LogP contribution in [0, 0.1) is 11.6 Å². The predicted octanol–water partition coefficient (Wildman–Crippen LogP) is 2.15. The van der Waals surface area contributed by atoms with Crippen molar-refractivity contribution in [2.75, 3.05) is 26.3 Å². The van der Waals surface area contributed by atoms with Crippen LogP contribution in [0.4, 0.5) is 8.78 Å². The number of amides is 1. The molecule has 0 aliphatic carbocycles. The van der Waals surface area contributed by atoms with E-state index in [4.69, 9.17) is 4.74 Å². The molecule has 128 valence electrons. The number of aromatic nitrogens is 3. The number of nitrogens with zero attached hydrogens (tertiary/aromatic N) is 4. The van der Waals surface area contributed by atoms with Crippen molar-refractivity contribution in [2.24, 2.45) is 0 Å². The molecule has 3 aromatic rings. The summed E-state index contributed by atoms with van der Waals surface area (Å²) in [6.07, 6.45) is 1.55. The van der Waals surface area contributed by atoms with Gasteiger partial charge in [-0.25, -0.2) is 8.78 Å². The average Bonchev–Trinajstić information content (AvgIpc) is 3.07. The third-order valence-electron chi connectivity index (χ3n) is 4.12. The van der Waals surface area contributed by atoms with E-state index in [9.17, 15) is 13.6 Å². The summed E-state index contributed by atoms with van der Waals surface area (Å²) in [5, 5.41) is 7.90. The van der Waals surface area contributed by atoms with Crippen molar-refractivity contribution in [2.45, 2.75) is 0 Å². The largest absolute Gasteiger partial charge is 0.378 e. The molecule has 1 fully saturated rings. The molecule has 0 unspecified atom stereocenters.